The minimum atomic E-state index is -1.22. The zero-order valence-corrected chi connectivity index (χ0v) is 15.0. The second kappa shape index (κ2) is 6.34. The molecule has 0 amide bonds. The fourth-order valence-electron chi connectivity index (χ4n) is 4.43. The Morgan fingerprint density at radius 1 is 1.11 bits per heavy atom. The van der Waals surface area contributed by atoms with Crippen LogP contribution in [0.1, 0.15) is 47.2 Å². The van der Waals surface area contributed by atoms with Gasteiger partial charge in [0.25, 0.3) is 5.56 Å². The van der Waals surface area contributed by atoms with Crippen molar-refractivity contribution in [2.45, 2.75) is 50.4 Å². The molecule has 0 bridgehead atoms. The first-order valence-electron chi connectivity index (χ1n) is 9.59. The van der Waals surface area contributed by atoms with Gasteiger partial charge in [0.05, 0.1) is 11.6 Å². The molecule has 142 valence electrons. The standard InChI is InChI=1S/C20H22FN3O3/c21-16-10-15-18(22-17(16)13-4-2-11-1-3-12(11)9-13)23-20(26)24(19(15)25)14-5-7-27-8-6-14/h2,4,9,14,16-17,22H,1,3,5-8,10H2,(H,23,26)/t16-,17-/m0/s1. The van der Waals surface area contributed by atoms with E-state index >= 15 is 0 Å². The molecule has 5 rings (SSSR count). The van der Waals surface area contributed by atoms with E-state index in [0.29, 0.717) is 37.4 Å². The Morgan fingerprint density at radius 2 is 1.89 bits per heavy atom. The Bertz CT molecular complexity index is 1010. The van der Waals surface area contributed by atoms with Crippen molar-refractivity contribution >= 4 is 5.82 Å². The van der Waals surface area contributed by atoms with Gasteiger partial charge in [0, 0.05) is 25.7 Å². The van der Waals surface area contributed by atoms with E-state index in [1.807, 2.05) is 18.2 Å². The molecule has 6 nitrogen and oxygen atoms in total. The van der Waals surface area contributed by atoms with Crippen LogP contribution >= 0.6 is 0 Å². The molecule has 7 heteroatoms. The van der Waals surface area contributed by atoms with Crippen molar-refractivity contribution in [3.05, 3.63) is 61.3 Å². The highest BCUT2D eigenvalue weighted by molar-refractivity contribution is 5.50. The molecule has 1 aromatic carbocycles. The third-order valence-corrected chi connectivity index (χ3v) is 6.10. The van der Waals surface area contributed by atoms with Gasteiger partial charge >= 0.3 is 5.69 Å². The van der Waals surface area contributed by atoms with Crippen LogP contribution in [0, 0.1) is 0 Å². The van der Waals surface area contributed by atoms with Gasteiger partial charge in [-0.05, 0) is 42.4 Å². The molecule has 3 aliphatic rings. The molecule has 27 heavy (non-hydrogen) atoms. The molecule has 0 unspecified atom stereocenters. The molecule has 0 radical (unpaired) electrons. The first kappa shape index (κ1) is 16.7. The Hall–Kier alpha value is -2.41. The molecular formula is C20H22FN3O3. The second-order valence-electron chi connectivity index (χ2n) is 7.67. The summed E-state index contributed by atoms with van der Waals surface area (Å²) < 4.78 is 21.6. The van der Waals surface area contributed by atoms with Gasteiger partial charge in [-0.25, -0.2) is 9.18 Å². The molecule has 2 N–H and O–H groups in total. The molecule has 2 aliphatic heterocycles. The van der Waals surface area contributed by atoms with Gasteiger partial charge < -0.3 is 10.1 Å². The van der Waals surface area contributed by atoms with Crippen molar-refractivity contribution in [3.63, 3.8) is 0 Å². The predicted octanol–water partition coefficient (Wildman–Crippen LogP) is 2.03. The van der Waals surface area contributed by atoms with Crippen molar-refractivity contribution in [2.24, 2.45) is 0 Å². The van der Waals surface area contributed by atoms with Crippen molar-refractivity contribution in [2.75, 3.05) is 18.5 Å². The summed E-state index contributed by atoms with van der Waals surface area (Å²) in [6.07, 6.45) is 2.11. The highest BCUT2D eigenvalue weighted by atomic mass is 19.1. The van der Waals surface area contributed by atoms with Crippen LogP contribution in [0.2, 0.25) is 0 Å². The molecule has 1 fully saturated rings. The first-order chi connectivity index (χ1) is 13.1. The molecule has 3 heterocycles. The topological polar surface area (TPSA) is 76.1 Å². The quantitative estimate of drug-likeness (QED) is 0.847. The minimum Gasteiger partial charge on any atom is -0.381 e. The normalized spacial score (nSPS) is 24.5. The van der Waals surface area contributed by atoms with E-state index in [4.69, 9.17) is 4.74 Å². The molecule has 1 saturated heterocycles. The largest absolute Gasteiger partial charge is 0.381 e. The average Bonchev–Trinajstić information content (AvgIpc) is 2.64. The van der Waals surface area contributed by atoms with E-state index in [0.717, 1.165) is 18.4 Å². The lowest BCUT2D eigenvalue weighted by molar-refractivity contribution is 0.0673. The molecule has 2 aromatic rings. The fourth-order valence-corrected chi connectivity index (χ4v) is 4.43. The number of ether oxygens (including phenoxy) is 1. The van der Waals surface area contributed by atoms with Gasteiger partial charge in [-0.1, -0.05) is 18.2 Å². The number of hydrogen-bond acceptors (Lipinski definition) is 4. The third kappa shape index (κ3) is 2.72. The number of benzene rings is 1. The lowest BCUT2D eigenvalue weighted by Crippen LogP contribution is -2.45. The zero-order valence-electron chi connectivity index (χ0n) is 15.0. The minimum absolute atomic E-state index is 0.00289. The van der Waals surface area contributed by atoms with Crippen LogP contribution in [-0.4, -0.2) is 28.9 Å². The van der Waals surface area contributed by atoms with Gasteiger partial charge in [-0.2, -0.15) is 0 Å². The van der Waals surface area contributed by atoms with E-state index in [1.54, 1.807) is 0 Å². The van der Waals surface area contributed by atoms with Crippen molar-refractivity contribution in [1.82, 2.24) is 9.55 Å². The maximum Gasteiger partial charge on any atom is 0.330 e. The third-order valence-electron chi connectivity index (χ3n) is 6.10. The number of aromatic nitrogens is 2. The number of alkyl halides is 1. The van der Waals surface area contributed by atoms with Gasteiger partial charge in [0.1, 0.15) is 12.0 Å². The summed E-state index contributed by atoms with van der Waals surface area (Å²) in [5, 5.41) is 3.08. The number of H-pyrrole nitrogens is 1. The van der Waals surface area contributed by atoms with Crippen LogP contribution in [0.25, 0.3) is 0 Å². The number of nitrogens with one attached hydrogen (secondary N) is 2. The molecule has 2 atom stereocenters. The van der Waals surface area contributed by atoms with Gasteiger partial charge in [0.15, 0.2) is 0 Å². The maximum atomic E-state index is 15.0. The highest BCUT2D eigenvalue weighted by Gasteiger charge is 2.34. The van der Waals surface area contributed by atoms with E-state index in [9.17, 15) is 14.0 Å². The summed E-state index contributed by atoms with van der Waals surface area (Å²) in [5.41, 5.74) is 2.95. The van der Waals surface area contributed by atoms with Crippen molar-refractivity contribution in [3.8, 4) is 0 Å². The van der Waals surface area contributed by atoms with Crippen LogP contribution in [-0.2, 0) is 24.0 Å². The Kier molecular flexibility index (Phi) is 3.93. The molecule has 1 aliphatic carbocycles. The number of halogens is 1. The Labute approximate surface area is 155 Å². The van der Waals surface area contributed by atoms with Gasteiger partial charge in [0.2, 0.25) is 0 Å². The highest BCUT2D eigenvalue weighted by Crippen LogP contribution is 2.34. The van der Waals surface area contributed by atoms with E-state index in [-0.39, 0.29) is 18.0 Å². The molecule has 1 aromatic heterocycles. The number of aryl methyl sites for hydroxylation is 2. The predicted molar refractivity (Wildman–Crippen MR) is 99.2 cm³/mol. The van der Waals surface area contributed by atoms with E-state index in [2.05, 4.69) is 10.3 Å². The molecular weight excluding hydrogens is 349 g/mol. The second-order valence-corrected chi connectivity index (χ2v) is 7.67. The number of rotatable bonds is 2. The van der Waals surface area contributed by atoms with Crippen LogP contribution < -0.4 is 16.6 Å². The summed E-state index contributed by atoms with van der Waals surface area (Å²) in [7, 11) is 0. The monoisotopic (exact) mass is 371 g/mol. The smallest absolute Gasteiger partial charge is 0.330 e. The number of anilines is 1. The van der Waals surface area contributed by atoms with E-state index < -0.39 is 17.9 Å². The van der Waals surface area contributed by atoms with Gasteiger partial charge in [-0.3, -0.25) is 14.3 Å². The summed E-state index contributed by atoms with van der Waals surface area (Å²) in [4.78, 5) is 28.3. The maximum absolute atomic E-state index is 15.0. The van der Waals surface area contributed by atoms with Crippen LogP contribution in [0.5, 0.6) is 0 Å². The number of fused-ring (bicyclic) bond motifs is 2. The number of nitrogens with zero attached hydrogens (tertiary/aromatic N) is 1. The summed E-state index contributed by atoms with van der Waals surface area (Å²) in [6, 6.07) is 5.27. The van der Waals surface area contributed by atoms with Crippen LogP contribution in [0.3, 0.4) is 0 Å². The molecule has 0 spiro atoms. The summed E-state index contributed by atoms with van der Waals surface area (Å²) in [6.45, 7) is 1.05. The average molecular weight is 371 g/mol. The summed E-state index contributed by atoms with van der Waals surface area (Å²) in [5.74, 6) is 0.356. The summed E-state index contributed by atoms with van der Waals surface area (Å²) >= 11 is 0. The fraction of sp³-hybridized carbons (Fsp3) is 0.500. The lowest BCUT2D eigenvalue weighted by atomic mass is 9.84. The van der Waals surface area contributed by atoms with Crippen LogP contribution in [0.15, 0.2) is 27.8 Å². The lowest BCUT2D eigenvalue weighted by Gasteiger charge is -2.32. The van der Waals surface area contributed by atoms with E-state index in [1.165, 1.54) is 15.7 Å². The SMILES string of the molecule is O=c1[nH]c2c(c(=O)n1C1CCOCC1)C[C@H](F)[C@H](c1ccc3c(c1)CC3)N2. The number of hydrogen-bond donors (Lipinski definition) is 2. The zero-order chi connectivity index (χ0) is 18.5. The van der Waals surface area contributed by atoms with Gasteiger partial charge in [-0.15, -0.1) is 0 Å². The first-order valence-corrected chi connectivity index (χ1v) is 9.59. The Morgan fingerprint density at radius 3 is 2.59 bits per heavy atom. The van der Waals surface area contributed by atoms with Crippen LogP contribution in [0.4, 0.5) is 10.2 Å². The molecule has 0 saturated carbocycles. The van der Waals surface area contributed by atoms with Crippen molar-refractivity contribution < 1.29 is 9.13 Å². The Balaban J connectivity index is 1.51. The number of aromatic amines is 1. The van der Waals surface area contributed by atoms with Crippen molar-refractivity contribution in [1.29, 1.82) is 0 Å².